The molecule has 0 atom stereocenters. The first-order valence-electron chi connectivity index (χ1n) is 4.90. The van der Waals surface area contributed by atoms with E-state index in [-0.39, 0.29) is 12.1 Å². The zero-order valence-corrected chi connectivity index (χ0v) is 10.4. The maximum Gasteiger partial charge on any atom is 0.353 e. The summed E-state index contributed by atoms with van der Waals surface area (Å²) in [5.74, 6) is -4.56. The van der Waals surface area contributed by atoms with Gasteiger partial charge in [-0.15, -0.1) is 0 Å². The summed E-state index contributed by atoms with van der Waals surface area (Å²) >= 11 is 3.13. The highest BCUT2D eigenvalue weighted by Gasteiger charge is 2.53. The summed E-state index contributed by atoms with van der Waals surface area (Å²) in [5.41, 5.74) is 0.790. The monoisotopic (exact) mass is 289 g/mol. The summed E-state index contributed by atoms with van der Waals surface area (Å²) in [4.78, 5) is 12.6. The van der Waals surface area contributed by atoms with Crippen LogP contribution in [0.3, 0.4) is 0 Å². The molecular weight excluding hydrogens is 280 g/mol. The van der Waals surface area contributed by atoms with Crippen molar-refractivity contribution in [3.63, 3.8) is 0 Å². The number of carbonyl (C=O) groups is 1. The van der Waals surface area contributed by atoms with Crippen molar-refractivity contribution in [3.8, 4) is 0 Å². The molecule has 0 spiro atoms. The van der Waals surface area contributed by atoms with Crippen LogP contribution in [0.1, 0.15) is 18.1 Å². The van der Waals surface area contributed by atoms with E-state index in [0.717, 1.165) is 4.90 Å². The summed E-state index contributed by atoms with van der Waals surface area (Å²) in [6, 6.07) is 3.29. The molecule has 1 aromatic carbocycles. The molecule has 1 heterocycles. The summed E-state index contributed by atoms with van der Waals surface area (Å²) in [7, 11) is 0. The normalized spacial score (nSPS) is 17.8. The van der Waals surface area contributed by atoms with Crippen molar-refractivity contribution in [2.45, 2.75) is 19.8 Å². The molecule has 0 bridgehead atoms. The van der Waals surface area contributed by atoms with Crippen LogP contribution < -0.4 is 4.90 Å². The first kappa shape index (κ1) is 11.5. The lowest BCUT2D eigenvalue weighted by Gasteiger charge is -2.14. The molecule has 1 aliphatic heterocycles. The number of alkyl halides is 2. The quantitative estimate of drug-likeness (QED) is 0.777. The van der Waals surface area contributed by atoms with Crippen LogP contribution in [0.5, 0.6) is 0 Å². The number of likely N-dealkylation sites (N-methyl/N-ethyl adjacent to an activating group) is 1. The fourth-order valence-electron chi connectivity index (χ4n) is 1.89. The second-order valence-electron chi connectivity index (χ2n) is 3.71. The molecule has 2 rings (SSSR count). The summed E-state index contributed by atoms with van der Waals surface area (Å²) < 4.78 is 27.9. The Bertz CT molecular complexity index is 473. The number of fused-ring (bicyclic) bond motifs is 1. The van der Waals surface area contributed by atoms with Gasteiger partial charge in [-0.25, -0.2) is 0 Å². The number of rotatable bonds is 1. The first-order valence-corrected chi connectivity index (χ1v) is 5.70. The van der Waals surface area contributed by atoms with Gasteiger partial charge in [0.2, 0.25) is 0 Å². The van der Waals surface area contributed by atoms with Crippen molar-refractivity contribution < 1.29 is 13.6 Å². The molecular formula is C11H10BrF2NO. The fourth-order valence-corrected chi connectivity index (χ4v) is 2.48. The van der Waals surface area contributed by atoms with Gasteiger partial charge >= 0.3 is 11.8 Å². The number of hydrogen-bond acceptors (Lipinski definition) is 1. The Kier molecular flexibility index (Phi) is 2.53. The van der Waals surface area contributed by atoms with Crippen molar-refractivity contribution in [1.29, 1.82) is 0 Å². The molecule has 0 aliphatic carbocycles. The standard InChI is InChI=1S/C11H10BrF2NO/c1-3-15-7-5-4-6(2)9(12)8(7)11(13,14)10(15)16/h4-5H,3H2,1-2H3. The van der Waals surface area contributed by atoms with Gasteiger partial charge in [-0.3, -0.25) is 4.79 Å². The Morgan fingerprint density at radius 2 is 2.06 bits per heavy atom. The van der Waals surface area contributed by atoms with Gasteiger partial charge < -0.3 is 4.90 Å². The van der Waals surface area contributed by atoms with E-state index >= 15 is 0 Å². The summed E-state index contributed by atoms with van der Waals surface area (Å²) in [6.07, 6.45) is 0. The van der Waals surface area contributed by atoms with E-state index in [1.54, 1.807) is 26.0 Å². The van der Waals surface area contributed by atoms with Gasteiger partial charge in [0.25, 0.3) is 0 Å². The Balaban J connectivity index is 2.74. The van der Waals surface area contributed by atoms with Gasteiger partial charge in [0.1, 0.15) is 0 Å². The zero-order valence-electron chi connectivity index (χ0n) is 8.85. The number of nitrogens with zero attached hydrogens (tertiary/aromatic N) is 1. The van der Waals surface area contributed by atoms with Gasteiger partial charge in [-0.1, -0.05) is 6.07 Å². The van der Waals surface area contributed by atoms with E-state index in [1.165, 1.54) is 0 Å². The van der Waals surface area contributed by atoms with Gasteiger partial charge in [0.15, 0.2) is 0 Å². The molecule has 0 saturated heterocycles. The molecule has 1 amide bonds. The van der Waals surface area contributed by atoms with Gasteiger partial charge in [0, 0.05) is 11.0 Å². The minimum Gasteiger partial charge on any atom is -0.307 e. The molecule has 0 aromatic heterocycles. The van der Waals surface area contributed by atoms with E-state index in [1.807, 2.05) is 0 Å². The SMILES string of the molecule is CCN1C(=O)C(F)(F)c2c1ccc(C)c2Br. The predicted molar refractivity (Wildman–Crippen MR) is 60.8 cm³/mol. The second-order valence-corrected chi connectivity index (χ2v) is 4.51. The third-order valence-electron chi connectivity index (χ3n) is 2.75. The minimum absolute atomic E-state index is 0.209. The molecule has 0 saturated carbocycles. The number of hydrogen-bond donors (Lipinski definition) is 0. The zero-order chi connectivity index (χ0) is 12.1. The van der Waals surface area contributed by atoms with Crippen LogP contribution in [0.15, 0.2) is 16.6 Å². The highest BCUT2D eigenvalue weighted by atomic mass is 79.9. The Morgan fingerprint density at radius 1 is 1.44 bits per heavy atom. The lowest BCUT2D eigenvalue weighted by atomic mass is 10.1. The maximum atomic E-state index is 13.8. The fraction of sp³-hybridized carbons (Fsp3) is 0.364. The average molecular weight is 290 g/mol. The molecule has 0 unspecified atom stereocenters. The molecule has 2 nitrogen and oxygen atoms in total. The van der Waals surface area contributed by atoms with Crippen LogP contribution in [-0.4, -0.2) is 12.5 Å². The van der Waals surface area contributed by atoms with Crippen molar-refractivity contribution in [3.05, 3.63) is 27.7 Å². The lowest BCUT2D eigenvalue weighted by Crippen LogP contribution is -2.34. The minimum atomic E-state index is -3.42. The number of carbonyl (C=O) groups excluding carboxylic acids is 1. The predicted octanol–water partition coefficient (Wildman–Crippen LogP) is 3.22. The highest BCUT2D eigenvalue weighted by Crippen LogP contribution is 2.48. The molecule has 86 valence electrons. The number of amides is 1. The number of benzene rings is 1. The Hall–Kier alpha value is -0.970. The smallest absolute Gasteiger partial charge is 0.307 e. The van der Waals surface area contributed by atoms with Crippen LogP contribution in [-0.2, 0) is 10.7 Å². The van der Waals surface area contributed by atoms with Crippen LogP contribution in [0.25, 0.3) is 0 Å². The molecule has 0 N–H and O–H groups in total. The summed E-state index contributed by atoms with van der Waals surface area (Å²) in [6.45, 7) is 3.65. The highest BCUT2D eigenvalue weighted by molar-refractivity contribution is 9.10. The second kappa shape index (κ2) is 3.52. The molecule has 0 fully saturated rings. The Morgan fingerprint density at radius 3 is 2.62 bits per heavy atom. The molecule has 16 heavy (non-hydrogen) atoms. The van der Waals surface area contributed by atoms with Crippen LogP contribution in [0.2, 0.25) is 0 Å². The van der Waals surface area contributed by atoms with E-state index in [0.29, 0.717) is 15.7 Å². The Labute approximate surface area is 100 Å². The van der Waals surface area contributed by atoms with Gasteiger partial charge in [-0.2, -0.15) is 8.78 Å². The topological polar surface area (TPSA) is 20.3 Å². The van der Waals surface area contributed by atoms with E-state index in [2.05, 4.69) is 15.9 Å². The third kappa shape index (κ3) is 1.30. The molecule has 1 aromatic rings. The number of aryl methyl sites for hydroxylation is 1. The van der Waals surface area contributed by atoms with E-state index in [9.17, 15) is 13.6 Å². The van der Waals surface area contributed by atoms with Crippen LogP contribution in [0, 0.1) is 6.92 Å². The van der Waals surface area contributed by atoms with Crippen LogP contribution >= 0.6 is 15.9 Å². The van der Waals surface area contributed by atoms with Crippen LogP contribution in [0.4, 0.5) is 14.5 Å². The number of halogens is 3. The first-order chi connectivity index (χ1) is 7.41. The largest absolute Gasteiger partial charge is 0.353 e. The van der Waals surface area contributed by atoms with E-state index < -0.39 is 11.8 Å². The third-order valence-corrected chi connectivity index (χ3v) is 3.77. The summed E-state index contributed by atoms with van der Waals surface area (Å²) in [5, 5.41) is 0. The maximum absolute atomic E-state index is 13.8. The molecule has 5 heteroatoms. The van der Waals surface area contributed by atoms with Gasteiger partial charge in [-0.05, 0) is 41.4 Å². The van der Waals surface area contributed by atoms with Crippen molar-refractivity contribution >= 4 is 27.5 Å². The van der Waals surface area contributed by atoms with Crippen molar-refractivity contribution in [1.82, 2.24) is 0 Å². The van der Waals surface area contributed by atoms with Gasteiger partial charge in [0.05, 0.1) is 11.3 Å². The molecule has 0 radical (unpaired) electrons. The molecule has 1 aliphatic rings. The average Bonchev–Trinajstić information content (AvgIpc) is 2.42. The van der Waals surface area contributed by atoms with E-state index in [4.69, 9.17) is 0 Å². The lowest BCUT2D eigenvalue weighted by molar-refractivity contribution is -0.141. The number of anilines is 1. The van der Waals surface area contributed by atoms with Crippen molar-refractivity contribution in [2.24, 2.45) is 0 Å². The van der Waals surface area contributed by atoms with Crippen molar-refractivity contribution in [2.75, 3.05) is 11.4 Å².